The number of aromatic hydroxyl groups is 1. The number of hydrogen-bond acceptors (Lipinski definition) is 3. The van der Waals surface area contributed by atoms with E-state index >= 15 is 0 Å². The van der Waals surface area contributed by atoms with Crippen molar-refractivity contribution in [2.75, 3.05) is 5.32 Å². The minimum atomic E-state index is -4.86. The van der Waals surface area contributed by atoms with Crippen LogP contribution < -0.4 is 10.1 Å². The first kappa shape index (κ1) is 23.0. The molecule has 0 saturated heterocycles. The van der Waals surface area contributed by atoms with Crippen molar-refractivity contribution < 1.29 is 41.0 Å². The van der Waals surface area contributed by atoms with Gasteiger partial charge in [-0.15, -0.1) is 13.2 Å². The van der Waals surface area contributed by atoms with Crippen LogP contribution in [0.4, 0.5) is 32.0 Å². The topological polar surface area (TPSA) is 58.6 Å². The molecule has 0 radical (unpaired) electrons. The highest BCUT2D eigenvalue weighted by molar-refractivity contribution is 6.05. The molecular weight excluding hydrogens is 440 g/mol. The number of fused-ring (bicyclic) bond motifs is 1. The van der Waals surface area contributed by atoms with Crippen LogP contribution in [0.1, 0.15) is 22.6 Å². The monoisotopic (exact) mass is 455 g/mol. The van der Waals surface area contributed by atoms with Crippen molar-refractivity contribution in [3.8, 4) is 11.5 Å². The number of nitrogens with one attached hydrogen (secondary N) is 1. The van der Waals surface area contributed by atoms with E-state index < -0.39 is 35.7 Å². The molecule has 0 aliphatic carbocycles. The van der Waals surface area contributed by atoms with Crippen LogP contribution in [0.25, 0.3) is 0 Å². The van der Waals surface area contributed by atoms with Crippen LogP contribution in [0.5, 0.6) is 11.5 Å². The average Bonchev–Trinajstić information content (AvgIpc) is 3.03. The Hall–Kier alpha value is -3.69. The van der Waals surface area contributed by atoms with Crippen LogP contribution in [-0.2, 0) is 11.0 Å². The van der Waals surface area contributed by atoms with Crippen molar-refractivity contribution in [3.05, 3.63) is 89.5 Å². The van der Waals surface area contributed by atoms with Gasteiger partial charge in [0.25, 0.3) is 0 Å². The van der Waals surface area contributed by atoms with Crippen molar-refractivity contribution in [2.45, 2.75) is 18.5 Å². The lowest BCUT2D eigenvalue weighted by Gasteiger charge is -2.13. The summed E-state index contributed by atoms with van der Waals surface area (Å²) in [4.78, 5) is 12.1. The molecule has 4 rings (SSSR count). The van der Waals surface area contributed by atoms with Crippen molar-refractivity contribution in [3.63, 3.8) is 0 Å². The molecule has 168 valence electrons. The lowest BCUT2D eigenvalue weighted by atomic mass is 9.91. The van der Waals surface area contributed by atoms with E-state index in [9.17, 15) is 31.1 Å². The minimum Gasteiger partial charge on any atom is -0.508 e. The van der Waals surface area contributed by atoms with E-state index in [2.05, 4.69) is 10.1 Å². The van der Waals surface area contributed by atoms with Gasteiger partial charge < -0.3 is 15.2 Å². The Morgan fingerprint density at radius 1 is 0.812 bits per heavy atom. The van der Waals surface area contributed by atoms with Gasteiger partial charge in [-0.25, -0.2) is 0 Å². The predicted octanol–water partition coefficient (Wildman–Crippen LogP) is 6.08. The van der Waals surface area contributed by atoms with E-state index in [4.69, 9.17) is 5.11 Å². The highest BCUT2D eigenvalue weighted by Gasteiger charge is 2.41. The molecule has 3 aromatic rings. The van der Waals surface area contributed by atoms with E-state index in [1.54, 1.807) is 24.3 Å². The first-order chi connectivity index (χ1) is 15.0. The van der Waals surface area contributed by atoms with Crippen LogP contribution in [-0.4, -0.2) is 17.4 Å². The van der Waals surface area contributed by atoms with Gasteiger partial charge in [0.2, 0.25) is 5.91 Å². The zero-order chi connectivity index (χ0) is 23.5. The molecule has 1 heterocycles. The number of rotatable bonds is 2. The average molecular weight is 455 g/mol. The maximum Gasteiger partial charge on any atom is 0.573 e. The fourth-order valence-electron chi connectivity index (χ4n) is 3.14. The summed E-state index contributed by atoms with van der Waals surface area (Å²) in [7, 11) is 0. The number of phenolic OH excluding ortho intramolecular Hbond substituents is 1. The molecule has 0 bridgehead atoms. The fourth-order valence-corrected chi connectivity index (χ4v) is 3.14. The summed E-state index contributed by atoms with van der Waals surface area (Å²) < 4.78 is 79.3. The number of anilines is 1. The molecule has 4 nitrogen and oxygen atoms in total. The molecule has 2 N–H and O–H groups in total. The molecule has 10 heteroatoms. The third-order valence-corrected chi connectivity index (χ3v) is 4.43. The largest absolute Gasteiger partial charge is 0.573 e. The third kappa shape index (κ3) is 5.51. The molecule has 0 aromatic heterocycles. The third-order valence-electron chi connectivity index (χ3n) is 4.43. The van der Waals surface area contributed by atoms with Gasteiger partial charge >= 0.3 is 12.5 Å². The van der Waals surface area contributed by atoms with Gasteiger partial charge in [-0.1, -0.05) is 42.5 Å². The summed E-state index contributed by atoms with van der Waals surface area (Å²) in [5, 5.41) is 10.8. The van der Waals surface area contributed by atoms with Gasteiger partial charge in [-0.2, -0.15) is 13.2 Å². The second kappa shape index (κ2) is 8.81. The van der Waals surface area contributed by atoms with Gasteiger partial charge in [-0.3, -0.25) is 4.79 Å². The fraction of sp³-hybridized carbons (Fsp3) is 0.136. The number of halogens is 6. The normalized spacial score (nSPS) is 15.3. The van der Waals surface area contributed by atoms with Gasteiger partial charge in [0.15, 0.2) is 0 Å². The molecule has 1 aliphatic heterocycles. The Labute approximate surface area is 178 Å². The number of para-hydroxylation sites is 2. The summed E-state index contributed by atoms with van der Waals surface area (Å²) in [6.45, 7) is 0. The first-order valence-corrected chi connectivity index (χ1v) is 9.06. The van der Waals surface area contributed by atoms with Gasteiger partial charge in [0.05, 0.1) is 17.2 Å². The number of amides is 1. The quantitative estimate of drug-likeness (QED) is 0.461. The number of carbonyl (C=O) groups is 1. The van der Waals surface area contributed by atoms with Crippen LogP contribution in [0.3, 0.4) is 0 Å². The summed E-state index contributed by atoms with van der Waals surface area (Å²) in [5.41, 5.74) is -0.937. The Kier molecular flexibility index (Phi) is 6.33. The highest BCUT2D eigenvalue weighted by atomic mass is 19.4. The van der Waals surface area contributed by atoms with Gasteiger partial charge in [0, 0.05) is 0 Å². The number of hydrogen-bond donors (Lipinski definition) is 2. The SMILES string of the molecule is O=C1Nc2c(cccc2C(F)(F)F)C1c1ccc(OC(F)(F)F)cc1.Oc1ccccc1. The maximum atomic E-state index is 13.0. The molecule has 1 atom stereocenters. The number of carbonyl (C=O) groups excluding carboxylic acids is 1. The summed E-state index contributed by atoms with van der Waals surface area (Å²) in [6, 6.07) is 16.5. The smallest absolute Gasteiger partial charge is 0.508 e. The van der Waals surface area contributed by atoms with E-state index in [0.29, 0.717) is 5.75 Å². The summed E-state index contributed by atoms with van der Waals surface area (Å²) in [5.74, 6) is -1.89. The van der Waals surface area contributed by atoms with Gasteiger partial charge in [0.1, 0.15) is 11.5 Å². The predicted molar refractivity (Wildman–Crippen MR) is 103 cm³/mol. The Balaban J connectivity index is 0.000000352. The number of phenols is 1. The zero-order valence-electron chi connectivity index (χ0n) is 16.0. The molecule has 0 fully saturated rings. The van der Waals surface area contributed by atoms with Gasteiger partial charge in [-0.05, 0) is 41.5 Å². The molecule has 1 aliphatic rings. The van der Waals surface area contributed by atoms with Crippen LogP contribution in [0.15, 0.2) is 72.8 Å². The van der Waals surface area contributed by atoms with E-state index in [1.807, 2.05) is 6.07 Å². The molecule has 32 heavy (non-hydrogen) atoms. The summed E-state index contributed by atoms with van der Waals surface area (Å²) in [6.07, 6.45) is -9.50. The lowest BCUT2D eigenvalue weighted by Crippen LogP contribution is -2.17. The highest BCUT2D eigenvalue weighted by Crippen LogP contribution is 2.44. The van der Waals surface area contributed by atoms with Crippen molar-refractivity contribution in [1.82, 2.24) is 0 Å². The minimum absolute atomic E-state index is 0.115. The summed E-state index contributed by atoms with van der Waals surface area (Å²) >= 11 is 0. The van der Waals surface area contributed by atoms with Crippen LogP contribution in [0, 0.1) is 0 Å². The first-order valence-electron chi connectivity index (χ1n) is 9.06. The van der Waals surface area contributed by atoms with Crippen molar-refractivity contribution in [1.29, 1.82) is 0 Å². The molecule has 0 saturated carbocycles. The molecule has 0 spiro atoms. The molecule has 3 aromatic carbocycles. The second-order valence-corrected chi connectivity index (χ2v) is 6.64. The van der Waals surface area contributed by atoms with E-state index in [1.165, 1.54) is 24.3 Å². The zero-order valence-corrected chi connectivity index (χ0v) is 16.0. The van der Waals surface area contributed by atoms with Crippen LogP contribution >= 0.6 is 0 Å². The second-order valence-electron chi connectivity index (χ2n) is 6.64. The molecule has 1 unspecified atom stereocenters. The Morgan fingerprint density at radius 2 is 1.44 bits per heavy atom. The van der Waals surface area contributed by atoms with E-state index in [-0.39, 0.29) is 16.8 Å². The number of alkyl halides is 6. The lowest BCUT2D eigenvalue weighted by molar-refractivity contribution is -0.274. The van der Waals surface area contributed by atoms with E-state index in [0.717, 1.165) is 18.2 Å². The number of ether oxygens (including phenoxy) is 1. The Bertz CT molecular complexity index is 1080. The number of benzene rings is 3. The Morgan fingerprint density at radius 3 is 1.94 bits per heavy atom. The van der Waals surface area contributed by atoms with Crippen LogP contribution in [0.2, 0.25) is 0 Å². The molecular formula is C22H15F6NO3. The van der Waals surface area contributed by atoms with Crippen molar-refractivity contribution in [2.24, 2.45) is 0 Å². The van der Waals surface area contributed by atoms with Crippen molar-refractivity contribution >= 4 is 11.6 Å². The standard InChI is InChI=1S/C16H9F6NO2.C6H6O/c17-15(18,19)11-3-1-2-10-12(14(24)23-13(10)11)8-4-6-9(7-5-8)25-16(20,21)22;7-6-4-2-1-3-5-6/h1-7,12H,(H,23,24);1-5,7H. The maximum absolute atomic E-state index is 13.0. The molecule has 1 amide bonds.